The van der Waals surface area contributed by atoms with E-state index in [4.69, 9.17) is 4.74 Å². The number of hydrogen-bond acceptors (Lipinski definition) is 2. The molecule has 0 fully saturated rings. The van der Waals surface area contributed by atoms with Gasteiger partial charge in [-0.3, -0.25) is 0 Å². The Kier molecular flexibility index (Phi) is 5.39. The molecule has 0 aliphatic heterocycles. The fourth-order valence-electron chi connectivity index (χ4n) is 2.20. The van der Waals surface area contributed by atoms with Gasteiger partial charge in [0.15, 0.2) is 0 Å². The molecule has 0 aromatic heterocycles. The monoisotopic (exact) mass is 248 g/mol. The molecule has 0 saturated carbocycles. The van der Waals surface area contributed by atoms with Gasteiger partial charge in [-0.25, -0.2) is 0 Å². The minimum atomic E-state index is 0.425. The van der Waals surface area contributed by atoms with E-state index in [9.17, 15) is 4.79 Å². The van der Waals surface area contributed by atoms with Gasteiger partial charge in [-0.1, -0.05) is 39.8 Å². The van der Waals surface area contributed by atoms with Crippen molar-refractivity contribution in [1.82, 2.24) is 0 Å². The van der Waals surface area contributed by atoms with Gasteiger partial charge in [0.25, 0.3) is 0 Å². The summed E-state index contributed by atoms with van der Waals surface area (Å²) in [6, 6.07) is 4.36. The first-order valence-electron chi connectivity index (χ1n) is 6.65. The van der Waals surface area contributed by atoms with Gasteiger partial charge in [-0.05, 0) is 34.9 Å². The maximum absolute atomic E-state index is 10.5. The lowest BCUT2D eigenvalue weighted by molar-refractivity contribution is -0.107. The van der Waals surface area contributed by atoms with Crippen molar-refractivity contribution in [3.8, 4) is 5.75 Å². The molecule has 0 amide bonds. The number of aldehydes is 1. The van der Waals surface area contributed by atoms with Gasteiger partial charge in [-0.2, -0.15) is 0 Å². The normalized spacial score (nSPS) is 11.1. The molecule has 2 heteroatoms. The lowest BCUT2D eigenvalue weighted by Crippen LogP contribution is -2.03. The van der Waals surface area contributed by atoms with Gasteiger partial charge in [0, 0.05) is 6.42 Å². The lowest BCUT2D eigenvalue weighted by Gasteiger charge is -2.20. The molecule has 1 aromatic rings. The first kappa shape index (κ1) is 14.7. The third-order valence-corrected chi connectivity index (χ3v) is 3.21. The van der Waals surface area contributed by atoms with Crippen LogP contribution in [0.15, 0.2) is 12.1 Å². The van der Waals surface area contributed by atoms with E-state index in [0.717, 1.165) is 18.5 Å². The zero-order chi connectivity index (χ0) is 13.7. The molecule has 0 heterocycles. The van der Waals surface area contributed by atoms with Crippen LogP contribution >= 0.6 is 0 Å². The second kappa shape index (κ2) is 6.58. The minimum absolute atomic E-state index is 0.425. The van der Waals surface area contributed by atoms with E-state index in [1.807, 2.05) is 0 Å². The van der Waals surface area contributed by atoms with Crippen LogP contribution < -0.4 is 4.74 Å². The largest absolute Gasteiger partial charge is 0.496 e. The zero-order valence-electron chi connectivity index (χ0n) is 12.1. The first-order chi connectivity index (χ1) is 8.51. The molecular weight excluding hydrogens is 224 g/mol. The van der Waals surface area contributed by atoms with Crippen LogP contribution in [0.1, 0.15) is 62.6 Å². The lowest BCUT2D eigenvalue weighted by atomic mass is 9.90. The summed E-state index contributed by atoms with van der Waals surface area (Å²) in [4.78, 5) is 10.5. The third-order valence-electron chi connectivity index (χ3n) is 3.21. The Hall–Kier alpha value is -1.31. The average molecular weight is 248 g/mol. The average Bonchev–Trinajstić information content (AvgIpc) is 2.34. The molecule has 0 aliphatic rings. The SMILES string of the molecule is COc1c(C(C)C)cc(CCC=O)cc1C(C)C. The van der Waals surface area contributed by atoms with E-state index in [-0.39, 0.29) is 0 Å². The van der Waals surface area contributed by atoms with E-state index < -0.39 is 0 Å². The molecule has 0 spiro atoms. The molecule has 0 bridgehead atoms. The van der Waals surface area contributed by atoms with Crippen LogP contribution in [0.3, 0.4) is 0 Å². The van der Waals surface area contributed by atoms with Crippen molar-refractivity contribution in [2.24, 2.45) is 0 Å². The molecule has 0 aliphatic carbocycles. The summed E-state index contributed by atoms with van der Waals surface area (Å²) in [6.07, 6.45) is 2.38. The second-order valence-corrected chi connectivity index (χ2v) is 5.32. The number of ether oxygens (including phenoxy) is 1. The highest BCUT2D eigenvalue weighted by Crippen LogP contribution is 2.35. The van der Waals surface area contributed by atoms with Crippen LogP contribution in [0.2, 0.25) is 0 Å². The Morgan fingerprint density at radius 3 is 1.94 bits per heavy atom. The highest BCUT2D eigenvalue weighted by atomic mass is 16.5. The van der Waals surface area contributed by atoms with E-state index >= 15 is 0 Å². The third kappa shape index (κ3) is 3.34. The molecular formula is C16H24O2. The Balaban J connectivity index is 3.29. The predicted octanol–water partition coefficient (Wildman–Crippen LogP) is 4.07. The van der Waals surface area contributed by atoms with Crippen molar-refractivity contribution in [2.75, 3.05) is 7.11 Å². The van der Waals surface area contributed by atoms with Gasteiger partial charge in [0.2, 0.25) is 0 Å². The maximum atomic E-state index is 10.5. The van der Waals surface area contributed by atoms with Crippen LogP contribution in [0.4, 0.5) is 0 Å². The predicted molar refractivity (Wildman–Crippen MR) is 75.6 cm³/mol. The van der Waals surface area contributed by atoms with Gasteiger partial charge in [0.05, 0.1) is 7.11 Å². The second-order valence-electron chi connectivity index (χ2n) is 5.32. The van der Waals surface area contributed by atoms with Crippen LogP contribution in [0.5, 0.6) is 5.75 Å². The summed E-state index contributed by atoms with van der Waals surface area (Å²) >= 11 is 0. The fourth-order valence-corrected chi connectivity index (χ4v) is 2.20. The summed E-state index contributed by atoms with van der Waals surface area (Å²) in [5.74, 6) is 1.86. The molecule has 0 saturated heterocycles. The maximum Gasteiger partial charge on any atom is 0.125 e. The van der Waals surface area contributed by atoms with Crippen molar-refractivity contribution >= 4 is 6.29 Å². The molecule has 2 nitrogen and oxygen atoms in total. The fraction of sp³-hybridized carbons (Fsp3) is 0.562. The van der Waals surface area contributed by atoms with E-state index in [1.54, 1.807) is 7.11 Å². The highest BCUT2D eigenvalue weighted by molar-refractivity contribution is 5.52. The van der Waals surface area contributed by atoms with Gasteiger partial charge >= 0.3 is 0 Å². The Morgan fingerprint density at radius 2 is 1.61 bits per heavy atom. The van der Waals surface area contributed by atoms with Crippen molar-refractivity contribution in [2.45, 2.75) is 52.4 Å². The number of carbonyl (C=O) groups is 1. The number of benzene rings is 1. The Bertz CT molecular complexity index is 377. The number of aryl methyl sites for hydroxylation is 1. The van der Waals surface area contributed by atoms with Gasteiger partial charge in [-0.15, -0.1) is 0 Å². The van der Waals surface area contributed by atoms with Gasteiger partial charge < -0.3 is 9.53 Å². The number of rotatable bonds is 6. The quantitative estimate of drug-likeness (QED) is 0.709. The van der Waals surface area contributed by atoms with Gasteiger partial charge in [0.1, 0.15) is 12.0 Å². The number of carbonyl (C=O) groups excluding carboxylic acids is 1. The molecule has 0 unspecified atom stereocenters. The van der Waals surface area contributed by atoms with E-state index in [1.165, 1.54) is 16.7 Å². The highest BCUT2D eigenvalue weighted by Gasteiger charge is 2.16. The summed E-state index contributed by atoms with van der Waals surface area (Å²) in [5, 5.41) is 0. The summed E-state index contributed by atoms with van der Waals surface area (Å²) in [5.41, 5.74) is 3.71. The van der Waals surface area contributed by atoms with Crippen LogP contribution in [0.25, 0.3) is 0 Å². The Morgan fingerprint density at radius 1 is 1.11 bits per heavy atom. The number of methoxy groups -OCH3 is 1. The van der Waals surface area contributed by atoms with Crippen LogP contribution in [-0.2, 0) is 11.2 Å². The Labute approximate surface area is 110 Å². The molecule has 0 atom stereocenters. The van der Waals surface area contributed by atoms with Crippen molar-refractivity contribution in [1.29, 1.82) is 0 Å². The molecule has 100 valence electrons. The van der Waals surface area contributed by atoms with E-state index in [2.05, 4.69) is 39.8 Å². The van der Waals surface area contributed by atoms with Crippen LogP contribution in [-0.4, -0.2) is 13.4 Å². The molecule has 0 N–H and O–H groups in total. The van der Waals surface area contributed by atoms with Crippen molar-refractivity contribution in [3.05, 3.63) is 28.8 Å². The smallest absolute Gasteiger partial charge is 0.125 e. The standard InChI is InChI=1S/C16H24O2/c1-11(2)14-9-13(7-6-8-17)10-15(12(3)4)16(14)18-5/h8-12H,6-7H2,1-5H3. The summed E-state index contributed by atoms with van der Waals surface area (Å²) in [7, 11) is 1.73. The summed E-state index contributed by atoms with van der Waals surface area (Å²) < 4.78 is 5.59. The molecule has 0 radical (unpaired) electrons. The van der Waals surface area contributed by atoms with Crippen molar-refractivity contribution in [3.63, 3.8) is 0 Å². The molecule has 1 rings (SSSR count). The zero-order valence-corrected chi connectivity index (χ0v) is 12.1. The molecule has 18 heavy (non-hydrogen) atoms. The van der Waals surface area contributed by atoms with Crippen molar-refractivity contribution < 1.29 is 9.53 Å². The topological polar surface area (TPSA) is 26.3 Å². The first-order valence-corrected chi connectivity index (χ1v) is 6.65. The summed E-state index contributed by atoms with van der Waals surface area (Å²) in [6.45, 7) is 8.69. The van der Waals surface area contributed by atoms with Crippen LogP contribution in [0, 0.1) is 0 Å². The number of hydrogen-bond donors (Lipinski definition) is 0. The minimum Gasteiger partial charge on any atom is -0.496 e. The van der Waals surface area contributed by atoms with E-state index in [0.29, 0.717) is 18.3 Å². The molecule has 1 aromatic carbocycles.